The Balaban J connectivity index is 2.20. The topological polar surface area (TPSA) is 69.6 Å². The van der Waals surface area contributed by atoms with Gasteiger partial charge in [0, 0.05) is 33.4 Å². The van der Waals surface area contributed by atoms with Gasteiger partial charge in [-0.3, -0.25) is 4.79 Å². The molecule has 1 aliphatic heterocycles. The summed E-state index contributed by atoms with van der Waals surface area (Å²) in [6.45, 7) is 3.44. The lowest BCUT2D eigenvalue weighted by Crippen LogP contribution is -2.43. The van der Waals surface area contributed by atoms with Crippen molar-refractivity contribution in [1.82, 2.24) is 9.97 Å². The molecule has 19 heavy (non-hydrogen) atoms. The van der Waals surface area contributed by atoms with E-state index in [-0.39, 0.29) is 5.92 Å². The summed E-state index contributed by atoms with van der Waals surface area (Å²) < 4.78 is 0. The molecule has 1 N–H and O–H groups in total. The van der Waals surface area contributed by atoms with Crippen molar-refractivity contribution in [1.29, 1.82) is 0 Å². The van der Waals surface area contributed by atoms with E-state index in [1.165, 1.54) is 0 Å². The van der Waals surface area contributed by atoms with Crippen LogP contribution >= 0.6 is 0 Å². The number of aromatic nitrogens is 2. The van der Waals surface area contributed by atoms with Crippen LogP contribution in [0, 0.1) is 11.8 Å². The highest BCUT2D eigenvalue weighted by Crippen LogP contribution is 2.26. The zero-order valence-electron chi connectivity index (χ0n) is 11.6. The summed E-state index contributed by atoms with van der Waals surface area (Å²) in [4.78, 5) is 23.7. The average molecular weight is 264 g/mol. The second-order valence-corrected chi connectivity index (χ2v) is 5.39. The number of carboxylic acids is 1. The quantitative estimate of drug-likeness (QED) is 0.881. The molecule has 2 atom stereocenters. The third-order valence-corrected chi connectivity index (χ3v) is 3.36. The normalized spacial score (nSPS) is 23.2. The van der Waals surface area contributed by atoms with E-state index >= 15 is 0 Å². The first kappa shape index (κ1) is 13.6. The first-order valence-electron chi connectivity index (χ1n) is 6.45. The van der Waals surface area contributed by atoms with Crippen molar-refractivity contribution in [3.8, 4) is 0 Å². The molecular formula is C13H20N4O2. The van der Waals surface area contributed by atoms with E-state index in [4.69, 9.17) is 0 Å². The number of piperidine rings is 1. The summed E-state index contributed by atoms with van der Waals surface area (Å²) in [5.41, 5.74) is 0. The van der Waals surface area contributed by atoms with Crippen LogP contribution < -0.4 is 9.80 Å². The highest BCUT2D eigenvalue weighted by atomic mass is 16.4. The standard InChI is InChI=1S/C13H20N4O2/c1-9-6-10(12(18)19)8-17(7-9)11-4-5-14-13(15-11)16(2)3/h4-5,9-10H,6-8H2,1-3H3,(H,18,19). The van der Waals surface area contributed by atoms with Crippen LogP contribution in [-0.2, 0) is 4.79 Å². The van der Waals surface area contributed by atoms with Crippen molar-refractivity contribution in [2.75, 3.05) is 37.0 Å². The van der Waals surface area contributed by atoms with Gasteiger partial charge in [0.25, 0.3) is 0 Å². The monoisotopic (exact) mass is 264 g/mol. The van der Waals surface area contributed by atoms with E-state index in [0.717, 1.165) is 18.8 Å². The summed E-state index contributed by atoms with van der Waals surface area (Å²) in [5.74, 6) is 0.756. The zero-order valence-corrected chi connectivity index (χ0v) is 11.6. The Bertz CT molecular complexity index is 464. The fraction of sp³-hybridized carbons (Fsp3) is 0.615. The zero-order chi connectivity index (χ0) is 14.0. The predicted molar refractivity (Wildman–Crippen MR) is 73.5 cm³/mol. The molecule has 0 amide bonds. The Labute approximate surface area is 113 Å². The number of rotatable bonds is 3. The summed E-state index contributed by atoms with van der Waals surface area (Å²) in [6.07, 6.45) is 2.45. The van der Waals surface area contributed by atoms with Gasteiger partial charge in [0.15, 0.2) is 0 Å². The third kappa shape index (κ3) is 3.13. The molecule has 1 aliphatic rings. The molecule has 1 fully saturated rings. The number of hydrogen-bond acceptors (Lipinski definition) is 5. The summed E-state index contributed by atoms with van der Waals surface area (Å²) >= 11 is 0. The second-order valence-electron chi connectivity index (χ2n) is 5.39. The largest absolute Gasteiger partial charge is 0.481 e. The van der Waals surface area contributed by atoms with Crippen molar-refractivity contribution in [3.63, 3.8) is 0 Å². The fourth-order valence-corrected chi connectivity index (χ4v) is 2.45. The fourth-order valence-electron chi connectivity index (χ4n) is 2.45. The molecule has 1 aromatic rings. The number of anilines is 2. The van der Waals surface area contributed by atoms with Crippen molar-refractivity contribution in [2.24, 2.45) is 11.8 Å². The third-order valence-electron chi connectivity index (χ3n) is 3.36. The molecule has 0 spiro atoms. The van der Waals surface area contributed by atoms with E-state index in [2.05, 4.69) is 16.9 Å². The van der Waals surface area contributed by atoms with Crippen LogP contribution in [0.2, 0.25) is 0 Å². The van der Waals surface area contributed by atoms with Gasteiger partial charge in [0.1, 0.15) is 5.82 Å². The van der Waals surface area contributed by atoms with E-state index in [9.17, 15) is 9.90 Å². The number of carbonyl (C=O) groups is 1. The molecule has 6 nitrogen and oxygen atoms in total. The Hall–Kier alpha value is -1.85. The van der Waals surface area contributed by atoms with Gasteiger partial charge in [-0.25, -0.2) is 4.98 Å². The van der Waals surface area contributed by atoms with Gasteiger partial charge in [-0.15, -0.1) is 0 Å². The lowest BCUT2D eigenvalue weighted by Gasteiger charge is -2.35. The van der Waals surface area contributed by atoms with Gasteiger partial charge >= 0.3 is 5.97 Å². The molecular weight excluding hydrogens is 244 g/mol. The number of nitrogens with zero attached hydrogens (tertiary/aromatic N) is 4. The first-order chi connectivity index (χ1) is 8.97. The van der Waals surface area contributed by atoms with Crippen LogP contribution in [0.4, 0.5) is 11.8 Å². The van der Waals surface area contributed by atoms with Crippen LogP contribution in [-0.4, -0.2) is 48.2 Å². The van der Waals surface area contributed by atoms with Gasteiger partial charge in [-0.2, -0.15) is 4.98 Å². The summed E-state index contributed by atoms with van der Waals surface area (Å²) in [5, 5.41) is 9.20. The Kier molecular flexibility index (Phi) is 3.87. The minimum atomic E-state index is -0.724. The maximum Gasteiger partial charge on any atom is 0.308 e. The van der Waals surface area contributed by atoms with E-state index in [0.29, 0.717) is 18.4 Å². The number of hydrogen-bond donors (Lipinski definition) is 1. The summed E-state index contributed by atoms with van der Waals surface area (Å²) in [6, 6.07) is 1.84. The maximum atomic E-state index is 11.2. The predicted octanol–water partition coefficient (Wildman–Crippen LogP) is 1.09. The van der Waals surface area contributed by atoms with Crippen molar-refractivity contribution in [3.05, 3.63) is 12.3 Å². The lowest BCUT2D eigenvalue weighted by atomic mass is 9.90. The molecule has 0 radical (unpaired) electrons. The van der Waals surface area contributed by atoms with Crippen LogP contribution in [0.25, 0.3) is 0 Å². The highest BCUT2D eigenvalue weighted by molar-refractivity contribution is 5.71. The van der Waals surface area contributed by atoms with Gasteiger partial charge in [-0.1, -0.05) is 6.92 Å². The number of carboxylic acid groups (broad SMARTS) is 1. The molecule has 2 heterocycles. The first-order valence-corrected chi connectivity index (χ1v) is 6.45. The minimum absolute atomic E-state index is 0.318. The van der Waals surface area contributed by atoms with E-state index in [1.807, 2.05) is 30.0 Å². The van der Waals surface area contributed by atoms with Gasteiger partial charge in [-0.05, 0) is 18.4 Å². The SMILES string of the molecule is CC1CC(C(=O)O)CN(c2ccnc(N(C)C)n2)C1. The molecule has 6 heteroatoms. The van der Waals surface area contributed by atoms with Crippen LogP contribution in [0.5, 0.6) is 0 Å². The van der Waals surface area contributed by atoms with E-state index in [1.54, 1.807) is 6.20 Å². The van der Waals surface area contributed by atoms with E-state index < -0.39 is 5.97 Å². The van der Waals surface area contributed by atoms with Crippen molar-refractivity contribution >= 4 is 17.7 Å². The smallest absolute Gasteiger partial charge is 0.308 e. The molecule has 0 aliphatic carbocycles. The van der Waals surface area contributed by atoms with Crippen molar-refractivity contribution in [2.45, 2.75) is 13.3 Å². The molecule has 0 aromatic carbocycles. The van der Waals surface area contributed by atoms with Gasteiger partial charge in [0.2, 0.25) is 5.95 Å². The molecule has 1 saturated heterocycles. The molecule has 0 saturated carbocycles. The maximum absolute atomic E-state index is 11.2. The van der Waals surface area contributed by atoms with Crippen molar-refractivity contribution < 1.29 is 9.90 Å². The molecule has 0 bridgehead atoms. The molecule has 2 rings (SSSR count). The van der Waals surface area contributed by atoms with Gasteiger partial charge < -0.3 is 14.9 Å². The Morgan fingerprint density at radius 3 is 2.84 bits per heavy atom. The Morgan fingerprint density at radius 2 is 2.21 bits per heavy atom. The number of aliphatic carboxylic acids is 1. The van der Waals surface area contributed by atoms with Crippen LogP contribution in [0.3, 0.4) is 0 Å². The summed E-state index contributed by atoms with van der Waals surface area (Å²) in [7, 11) is 3.77. The molecule has 2 unspecified atom stereocenters. The Morgan fingerprint density at radius 1 is 1.47 bits per heavy atom. The van der Waals surface area contributed by atoms with Crippen LogP contribution in [0.1, 0.15) is 13.3 Å². The minimum Gasteiger partial charge on any atom is -0.481 e. The van der Waals surface area contributed by atoms with Crippen LogP contribution in [0.15, 0.2) is 12.3 Å². The highest BCUT2D eigenvalue weighted by Gasteiger charge is 2.30. The molecule has 1 aromatic heterocycles. The lowest BCUT2D eigenvalue weighted by molar-refractivity contribution is -0.142. The average Bonchev–Trinajstić information content (AvgIpc) is 2.38. The second kappa shape index (κ2) is 5.42. The molecule has 104 valence electrons. The van der Waals surface area contributed by atoms with Gasteiger partial charge in [0.05, 0.1) is 5.92 Å².